The maximum atomic E-state index is 13.3. The van der Waals surface area contributed by atoms with Crippen LogP contribution in [0.4, 0.5) is 0 Å². The minimum Gasteiger partial charge on any atom is -0.489 e. The average Bonchev–Trinajstić information content (AvgIpc) is 2.83. The fourth-order valence-corrected chi connectivity index (χ4v) is 6.31. The number of benzene rings is 3. The second-order valence-electron chi connectivity index (χ2n) is 9.25. The van der Waals surface area contributed by atoms with Crippen LogP contribution in [-0.2, 0) is 21.4 Å². The maximum Gasteiger partial charge on any atom is 0.267 e. The number of nitrogens with zero attached hydrogens (tertiary/aromatic N) is 1. The molecule has 7 heteroatoms. The van der Waals surface area contributed by atoms with Crippen molar-refractivity contribution in [2.24, 2.45) is 4.40 Å². The molecule has 0 radical (unpaired) electrons. The van der Waals surface area contributed by atoms with Gasteiger partial charge in [0.2, 0.25) is 5.90 Å². The highest BCUT2D eigenvalue weighted by Gasteiger charge is 2.47. The summed E-state index contributed by atoms with van der Waals surface area (Å²) in [6.45, 7) is 3.96. The summed E-state index contributed by atoms with van der Waals surface area (Å²) in [6, 6.07) is 26.6. The molecule has 6 nitrogen and oxygen atoms in total. The highest BCUT2D eigenvalue weighted by atomic mass is 32.2. The Morgan fingerprint density at radius 1 is 0.971 bits per heavy atom. The molecule has 0 aliphatic carbocycles. The van der Waals surface area contributed by atoms with Crippen LogP contribution in [0.25, 0.3) is 0 Å². The summed E-state index contributed by atoms with van der Waals surface area (Å²) >= 11 is 0. The maximum absolute atomic E-state index is 13.3. The van der Waals surface area contributed by atoms with Gasteiger partial charge in [-0.25, -0.2) is 8.42 Å². The molecular formula is C28H31NO5S. The van der Waals surface area contributed by atoms with Crippen LogP contribution in [0, 0.1) is 0 Å². The van der Waals surface area contributed by atoms with Crippen LogP contribution in [0.15, 0.2) is 89.3 Å². The Bertz CT molecular complexity index is 1240. The first-order valence-electron chi connectivity index (χ1n) is 11.7. The van der Waals surface area contributed by atoms with E-state index in [1.807, 2.05) is 60.7 Å². The number of ether oxygens (including phenoxy) is 2. The molecule has 4 rings (SSSR count). The van der Waals surface area contributed by atoms with Crippen LogP contribution in [0.2, 0.25) is 0 Å². The van der Waals surface area contributed by atoms with E-state index < -0.39 is 20.9 Å². The third kappa shape index (κ3) is 6.10. The Labute approximate surface area is 207 Å². The van der Waals surface area contributed by atoms with Gasteiger partial charge in [0.05, 0.1) is 0 Å². The summed E-state index contributed by atoms with van der Waals surface area (Å²) in [7, 11) is -3.88. The molecule has 0 aromatic heterocycles. The Morgan fingerprint density at radius 2 is 1.60 bits per heavy atom. The van der Waals surface area contributed by atoms with E-state index in [4.69, 9.17) is 9.47 Å². The van der Waals surface area contributed by atoms with Crippen LogP contribution < -0.4 is 4.74 Å². The summed E-state index contributed by atoms with van der Waals surface area (Å²) < 4.78 is 42.7. The Morgan fingerprint density at radius 3 is 2.20 bits per heavy atom. The first-order valence-corrected chi connectivity index (χ1v) is 13.2. The van der Waals surface area contributed by atoms with Crippen molar-refractivity contribution < 1.29 is 23.0 Å². The number of aliphatic hydroxyl groups excluding tert-OH is 1. The summed E-state index contributed by atoms with van der Waals surface area (Å²) in [6.07, 6.45) is 0.785. The van der Waals surface area contributed by atoms with Gasteiger partial charge in [0, 0.05) is 13.0 Å². The van der Waals surface area contributed by atoms with Crippen molar-refractivity contribution in [3.05, 3.63) is 102 Å². The standard InChI is InChI=1S/C28H31NO5S/c1-28(2)27(23-13-15-25(16-14-23)33-20-21-9-5-3-6-10-21)35(31,32)29-26(34-28)19-24(17-18-30)22-11-7-4-8-12-22/h3-16,24,27,30H,17-20H2,1-2H3/t24-,27?/m1/s1. The number of sulfonamides is 1. The molecule has 1 N–H and O–H groups in total. The lowest BCUT2D eigenvalue weighted by atomic mass is 9.92. The van der Waals surface area contributed by atoms with Gasteiger partial charge in [-0.3, -0.25) is 0 Å². The predicted molar refractivity (Wildman–Crippen MR) is 137 cm³/mol. The second kappa shape index (κ2) is 10.6. The Balaban J connectivity index is 1.52. The van der Waals surface area contributed by atoms with Gasteiger partial charge in [0.25, 0.3) is 10.0 Å². The van der Waals surface area contributed by atoms with Gasteiger partial charge in [0.15, 0.2) is 0 Å². The van der Waals surface area contributed by atoms with Gasteiger partial charge in [-0.05, 0) is 55.0 Å². The van der Waals surface area contributed by atoms with E-state index >= 15 is 0 Å². The van der Waals surface area contributed by atoms with Gasteiger partial charge >= 0.3 is 0 Å². The minimum atomic E-state index is -3.88. The number of hydrogen-bond donors (Lipinski definition) is 1. The quantitative estimate of drug-likeness (QED) is 0.431. The topological polar surface area (TPSA) is 85.2 Å². The molecule has 2 atom stereocenters. The average molecular weight is 494 g/mol. The van der Waals surface area contributed by atoms with Crippen molar-refractivity contribution in [2.45, 2.75) is 50.1 Å². The van der Waals surface area contributed by atoms with E-state index in [1.165, 1.54) is 0 Å². The monoisotopic (exact) mass is 493 g/mol. The van der Waals surface area contributed by atoms with Crippen molar-refractivity contribution >= 4 is 15.9 Å². The molecule has 1 heterocycles. The molecule has 1 aliphatic heterocycles. The van der Waals surface area contributed by atoms with Crippen LogP contribution in [0.1, 0.15) is 54.5 Å². The molecule has 3 aromatic rings. The van der Waals surface area contributed by atoms with Crippen molar-refractivity contribution in [1.82, 2.24) is 0 Å². The third-order valence-corrected chi connectivity index (χ3v) is 8.03. The summed E-state index contributed by atoms with van der Waals surface area (Å²) in [4.78, 5) is 0. The molecule has 0 saturated carbocycles. The first-order chi connectivity index (χ1) is 16.8. The predicted octanol–water partition coefficient (Wildman–Crippen LogP) is 5.40. The molecular weight excluding hydrogens is 462 g/mol. The van der Waals surface area contributed by atoms with Gasteiger partial charge in [-0.2, -0.15) is 0 Å². The van der Waals surface area contributed by atoms with Crippen LogP contribution in [0.5, 0.6) is 5.75 Å². The van der Waals surface area contributed by atoms with Crippen molar-refractivity contribution in [3.63, 3.8) is 0 Å². The SMILES string of the molecule is CC1(C)OC(C[C@@H](CCO)c2ccccc2)=NS(=O)(=O)C1c1ccc(OCc2ccccc2)cc1. The van der Waals surface area contributed by atoms with E-state index in [9.17, 15) is 13.5 Å². The molecule has 35 heavy (non-hydrogen) atoms. The summed E-state index contributed by atoms with van der Waals surface area (Å²) in [5, 5.41) is 8.59. The Hall–Kier alpha value is -3.16. The molecule has 0 fully saturated rings. The smallest absolute Gasteiger partial charge is 0.267 e. The molecule has 184 valence electrons. The van der Waals surface area contributed by atoms with Crippen molar-refractivity contribution in [2.75, 3.05) is 6.61 Å². The lowest BCUT2D eigenvalue weighted by Crippen LogP contribution is -2.43. The van der Waals surface area contributed by atoms with Gasteiger partial charge in [-0.15, -0.1) is 4.40 Å². The molecule has 1 aliphatic rings. The van der Waals surface area contributed by atoms with Gasteiger partial charge in [-0.1, -0.05) is 72.8 Å². The van der Waals surface area contributed by atoms with Crippen molar-refractivity contribution in [3.8, 4) is 5.75 Å². The number of rotatable bonds is 9. The van der Waals surface area contributed by atoms with E-state index in [0.29, 0.717) is 30.8 Å². The number of aliphatic hydroxyl groups is 1. The van der Waals surface area contributed by atoms with Gasteiger partial charge < -0.3 is 14.6 Å². The van der Waals surface area contributed by atoms with Crippen molar-refractivity contribution in [1.29, 1.82) is 0 Å². The molecule has 0 amide bonds. The van der Waals surface area contributed by atoms with E-state index in [0.717, 1.165) is 11.1 Å². The molecule has 0 spiro atoms. The highest BCUT2D eigenvalue weighted by Crippen LogP contribution is 2.42. The second-order valence-corrected chi connectivity index (χ2v) is 10.9. The van der Waals surface area contributed by atoms with Crippen LogP contribution in [-0.4, -0.2) is 31.6 Å². The Kier molecular flexibility index (Phi) is 7.57. The zero-order chi connectivity index (χ0) is 24.9. The third-order valence-electron chi connectivity index (χ3n) is 6.14. The largest absolute Gasteiger partial charge is 0.489 e. The lowest BCUT2D eigenvalue weighted by Gasteiger charge is -2.38. The van der Waals surface area contributed by atoms with E-state index in [2.05, 4.69) is 4.40 Å². The highest BCUT2D eigenvalue weighted by molar-refractivity contribution is 7.90. The minimum absolute atomic E-state index is 0.00962. The fraction of sp³-hybridized carbons (Fsp3) is 0.321. The lowest BCUT2D eigenvalue weighted by molar-refractivity contribution is 0.0797. The summed E-state index contributed by atoms with van der Waals surface area (Å²) in [5.41, 5.74) is 1.64. The first kappa shape index (κ1) is 24.9. The zero-order valence-corrected chi connectivity index (χ0v) is 20.8. The number of hydrogen-bond acceptors (Lipinski definition) is 5. The van der Waals surface area contributed by atoms with E-state index in [1.54, 1.807) is 38.1 Å². The molecule has 0 saturated heterocycles. The summed E-state index contributed by atoms with van der Waals surface area (Å²) in [5.74, 6) is 0.739. The van der Waals surface area contributed by atoms with Crippen LogP contribution in [0.3, 0.4) is 0 Å². The normalized spacial score (nSPS) is 19.3. The van der Waals surface area contributed by atoms with E-state index in [-0.39, 0.29) is 18.4 Å². The van der Waals surface area contributed by atoms with Gasteiger partial charge in [0.1, 0.15) is 23.2 Å². The molecule has 1 unspecified atom stereocenters. The zero-order valence-electron chi connectivity index (χ0n) is 20.0. The van der Waals surface area contributed by atoms with Crippen LogP contribution >= 0.6 is 0 Å². The molecule has 3 aromatic carbocycles. The fourth-order valence-electron chi connectivity index (χ4n) is 4.54. The molecule has 0 bridgehead atoms.